The molecule has 0 aliphatic carbocycles. The lowest BCUT2D eigenvalue weighted by Gasteiger charge is -2.28. The molecule has 1 aromatic carbocycles. The quantitative estimate of drug-likeness (QED) is 0.874. The summed E-state index contributed by atoms with van der Waals surface area (Å²) >= 11 is 3.39. The summed E-state index contributed by atoms with van der Waals surface area (Å²) in [5.74, 6) is 0.890. The molecule has 0 amide bonds. The summed E-state index contributed by atoms with van der Waals surface area (Å²) in [7, 11) is 0. The number of halogens is 1. The smallest absolute Gasteiger partial charge is 0.137 e. The molecule has 1 nitrogen and oxygen atoms in total. The minimum absolute atomic E-state index is 0.0854. The van der Waals surface area contributed by atoms with E-state index in [9.17, 15) is 4.39 Å². The number of thioether (sulfide) groups is 1. The monoisotopic (exact) mass is 293 g/mol. The van der Waals surface area contributed by atoms with Crippen molar-refractivity contribution in [3.8, 4) is 0 Å². The molecular formula is C15H16FNS2. The first-order chi connectivity index (χ1) is 9.25. The van der Waals surface area contributed by atoms with Gasteiger partial charge in [0, 0.05) is 21.9 Å². The Labute approximate surface area is 121 Å². The third-order valence-corrected chi connectivity index (χ3v) is 5.66. The predicted molar refractivity (Wildman–Crippen MR) is 80.4 cm³/mol. The van der Waals surface area contributed by atoms with E-state index in [-0.39, 0.29) is 11.9 Å². The lowest BCUT2D eigenvalue weighted by molar-refractivity contribution is 0.447. The van der Waals surface area contributed by atoms with Crippen LogP contribution in [0.4, 0.5) is 4.39 Å². The molecule has 0 saturated carbocycles. The maximum Gasteiger partial charge on any atom is 0.137 e. The molecule has 4 heteroatoms. The van der Waals surface area contributed by atoms with Gasteiger partial charge in [0.15, 0.2) is 0 Å². The van der Waals surface area contributed by atoms with E-state index in [1.54, 1.807) is 29.2 Å². The predicted octanol–water partition coefficient (Wildman–Crippen LogP) is 4.77. The van der Waals surface area contributed by atoms with Gasteiger partial charge in [0.2, 0.25) is 0 Å². The van der Waals surface area contributed by atoms with Crippen molar-refractivity contribution in [2.75, 3.05) is 5.75 Å². The summed E-state index contributed by atoms with van der Waals surface area (Å²) < 4.78 is 13.8. The standard InChI is InChI=1S/C15H16FNS2/c1-10(14-6-3-8-18-14)17-13-7-9-19-15-11(13)4-2-5-12(15)16/h2-6,8,10,13,17H,7,9H2,1H3/t10-,13?/m0/s1. The SMILES string of the molecule is C[C@H](NC1CCSc2c(F)cccc21)c1cccs1. The molecule has 2 atom stereocenters. The number of nitrogens with one attached hydrogen (secondary N) is 1. The second-order valence-corrected chi connectivity index (χ2v) is 6.84. The Morgan fingerprint density at radius 3 is 3.00 bits per heavy atom. The maximum atomic E-state index is 13.8. The van der Waals surface area contributed by atoms with E-state index in [1.165, 1.54) is 4.88 Å². The molecule has 2 heterocycles. The van der Waals surface area contributed by atoms with Gasteiger partial charge in [-0.1, -0.05) is 18.2 Å². The first-order valence-electron chi connectivity index (χ1n) is 6.46. The zero-order valence-electron chi connectivity index (χ0n) is 10.7. The highest BCUT2D eigenvalue weighted by Crippen LogP contribution is 2.38. The van der Waals surface area contributed by atoms with E-state index in [1.807, 2.05) is 12.1 Å². The fourth-order valence-electron chi connectivity index (χ4n) is 2.48. The molecule has 1 N–H and O–H groups in total. The molecule has 1 aliphatic heterocycles. The Hall–Kier alpha value is -0.840. The maximum absolute atomic E-state index is 13.8. The average molecular weight is 293 g/mol. The van der Waals surface area contributed by atoms with Gasteiger partial charge in [-0.25, -0.2) is 4.39 Å². The van der Waals surface area contributed by atoms with Gasteiger partial charge in [0.1, 0.15) is 5.82 Å². The summed E-state index contributed by atoms with van der Waals surface area (Å²) in [6, 6.07) is 10.2. The van der Waals surface area contributed by atoms with Crippen molar-refractivity contribution >= 4 is 23.1 Å². The van der Waals surface area contributed by atoms with Crippen molar-refractivity contribution in [2.45, 2.75) is 30.3 Å². The molecule has 0 bridgehead atoms. The number of rotatable bonds is 3. The van der Waals surface area contributed by atoms with E-state index in [4.69, 9.17) is 0 Å². The first-order valence-corrected chi connectivity index (χ1v) is 8.33. The van der Waals surface area contributed by atoms with Crippen LogP contribution in [-0.4, -0.2) is 5.75 Å². The van der Waals surface area contributed by atoms with Crippen molar-refractivity contribution in [2.24, 2.45) is 0 Å². The van der Waals surface area contributed by atoms with Crippen molar-refractivity contribution in [1.82, 2.24) is 5.32 Å². The second-order valence-electron chi connectivity index (χ2n) is 4.75. The van der Waals surface area contributed by atoms with Crippen LogP contribution in [0, 0.1) is 5.82 Å². The van der Waals surface area contributed by atoms with Gasteiger partial charge in [0.05, 0.1) is 0 Å². The zero-order chi connectivity index (χ0) is 13.2. The number of hydrogen-bond donors (Lipinski definition) is 1. The number of fused-ring (bicyclic) bond motifs is 1. The van der Waals surface area contributed by atoms with Crippen LogP contribution in [0.5, 0.6) is 0 Å². The van der Waals surface area contributed by atoms with Gasteiger partial charge in [-0.2, -0.15) is 0 Å². The fourth-order valence-corrected chi connectivity index (χ4v) is 4.37. The lowest BCUT2D eigenvalue weighted by Crippen LogP contribution is -2.27. The third-order valence-electron chi connectivity index (χ3n) is 3.45. The van der Waals surface area contributed by atoms with Crippen molar-refractivity contribution < 1.29 is 4.39 Å². The second kappa shape index (κ2) is 5.65. The minimum atomic E-state index is -0.0854. The van der Waals surface area contributed by atoms with Gasteiger partial charge in [-0.15, -0.1) is 23.1 Å². The molecule has 0 radical (unpaired) electrons. The number of thiophene rings is 1. The largest absolute Gasteiger partial charge is 0.303 e. The molecule has 0 saturated heterocycles. The zero-order valence-corrected chi connectivity index (χ0v) is 12.4. The molecule has 0 spiro atoms. The summed E-state index contributed by atoms with van der Waals surface area (Å²) in [6.45, 7) is 2.17. The minimum Gasteiger partial charge on any atom is -0.303 e. The third kappa shape index (κ3) is 2.71. The highest BCUT2D eigenvalue weighted by atomic mass is 32.2. The summed E-state index contributed by atoms with van der Waals surface area (Å²) in [5, 5.41) is 5.73. The van der Waals surface area contributed by atoms with Crippen LogP contribution in [0.3, 0.4) is 0 Å². The highest BCUT2D eigenvalue weighted by molar-refractivity contribution is 7.99. The van der Waals surface area contributed by atoms with Crippen molar-refractivity contribution in [3.63, 3.8) is 0 Å². The van der Waals surface area contributed by atoms with E-state index in [0.29, 0.717) is 6.04 Å². The molecule has 19 heavy (non-hydrogen) atoms. The van der Waals surface area contributed by atoms with Crippen LogP contribution in [-0.2, 0) is 0 Å². The molecule has 2 aromatic rings. The Morgan fingerprint density at radius 1 is 1.32 bits per heavy atom. The molecule has 0 fully saturated rings. The van der Waals surface area contributed by atoms with Crippen LogP contribution in [0.2, 0.25) is 0 Å². The van der Waals surface area contributed by atoms with Crippen LogP contribution in [0.15, 0.2) is 40.6 Å². The van der Waals surface area contributed by atoms with E-state index < -0.39 is 0 Å². The Morgan fingerprint density at radius 2 is 2.21 bits per heavy atom. The van der Waals surface area contributed by atoms with Crippen molar-refractivity contribution in [1.29, 1.82) is 0 Å². The van der Waals surface area contributed by atoms with Gasteiger partial charge in [-0.05, 0) is 42.2 Å². The summed E-state index contributed by atoms with van der Waals surface area (Å²) in [5.41, 5.74) is 1.11. The summed E-state index contributed by atoms with van der Waals surface area (Å²) in [4.78, 5) is 2.15. The van der Waals surface area contributed by atoms with Gasteiger partial charge in [0.25, 0.3) is 0 Å². The van der Waals surface area contributed by atoms with Gasteiger partial charge >= 0.3 is 0 Å². The first kappa shape index (κ1) is 13.2. The van der Waals surface area contributed by atoms with E-state index in [2.05, 4.69) is 29.8 Å². The summed E-state index contributed by atoms with van der Waals surface area (Å²) in [6.07, 6.45) is 1.05. The van der Waals surface area contributed by atoms with E-state index >= 15 is 0 Å². The van der Waals surface area contributed by atoms with Crippen LogP contribution in [0.1, 0.15) is 35.9 Å². The normalized spacial score (nSPS) is 20.0. The average Bonchev–Trinajstić information content (AvgIpc) is 2.94. The van der Waals surface area contributed by atoms with Crippen LogP contribution >= 0.6 is 23.1 Å². The number of benzene rings is 1. The Balaban J connectivity index is 1.82. The van der Waals surface area contributed by atoms with Crippen LogP contribution in [0.25, 0.3) is 0 Å². The molecular weight excluding hydrogens is 277 g/mol. The molecule has 3 rings (SSSR count). The molecule has 1 aromatic heterocycles. The topological polar surface area (TPSA) is 12.0 Å². The van der Waals surface area contributed by atoms with Crippen LogP contribution < -0.4 is 5.32 Å². The van der Waals surface area contributed by atoms with Gasteiger partial charge in [-0.3, -0.25) is 0 Å². The Bertz CT molecular complexity index is 553. The fraction of sp³-hybridized carbons (Fsp3) is 0.333. The van der Waals surface area contributed by atoms with Gasteiger partial charge < -0.3 is 5.32 Å². The lowest BCUT2D eigenvalue weighted by atomic mass is 10.0. The molecule has 100 valence electrons. The highest BCUT2D eigenvalue weighted by Gasteiger charge is 2.24. The molecule has 1 aliphatic rings. The number of hydrogen-bond acceptors (Lipinski definition) is 3. The van der Waals surface area contributed by atoms with E-state index in [0.717, 1.165) is 22.6 Å². The Kier molecular flexibility index (Phi) is 3.91. The molecule has 1 unspecified atom stereocenters. The van der Waals surface area contributed by atoms with Crippen molar-refractivity contribution in [3.05, 3.63) is 52.0 Å².